The number of benzene rings is 2. The molecule has 0 N–H and O–H groups in total. The Bertz CT molecular complexity index is 678. The number of ketones is 1. The van der Waals surface area contributed by atoms with Gasteiger partial charge in [-0.25, -0.2) is 4.39 Å². The van der Waals surface area contributed by atoms with Crippen LogP contribution in [0.25, 0.3) is 6.08 Å². The number of carbonyl (C=O) groups excluding carboxylic acids is 1. The molecule has 0 amide bonds. The standard InChI is InChI=1S/C15H10FNO3/c16-13-7-5-12(6-8-13)15(18)9-4-11-2-1-3-14(10-11)17(19)20/h1-10H/b9-4-. The Morgan fingerprint density at radius 1 is 1.15 bits per heavy atom. The second kappa shape index (κ2) is 5.88. The smallest absolute Gasteiger partial charge is 0.270 e. The van der Waals surface area contributed by atoms with Crippen LogP contribution in [0.5, 0.6) is 0 Å². The molecule has 100 valence electrons. The zero-order chi connectivity index (χ0) is 14.5. The largest absolute Gasteiger partial charge is 0.289 e. The zero-order valence-corrected chi connectivity index (χ0v) is 10.3. The molecular formula is C15H10FNO3. The number of carbonyl (C=O) groups is 1. The van der Waals surface area contributed by atoms with Gasteiger partial charge < -0.3 is 0 Å². The van der Waals surface area contributed by atoms with Crippen LogP contribution in [0.15, 0.2) is 54.6 Å². The first-order valence-corrected chi connectivity index (χ1v) is 5.79. The summed E-state index contributed by atoms with van der Waals surface area (Å²) in [5.41, 5.74) is 0.865. The van der Waals surface area contributed by atoms with Crippen LogP contribution < -0.4 is 0 Å². The summed E-state index contributed by atoms with van der Waals surface area (Å²) in [5, 5.41) is 10.6. The predicted octanol–water partition coefficient (Wildman–Crippen LogP) is 3.63. The molecule has 0 aromatic heterocycles. The molecule has 0 heterocycles. The summed E-state index contributed by atoms with van der Waals surface area (Å²) in [6.07, 6.45) is 2.78. The summed E-state index contributed by atoms with van der Waals surface area (Å²) < 4.78 is 12.7. The van der Waals surface area contributed by atoms with Crippen molar-refractivity contribution in [1.29, 1.82) is 0 Å². The van der Waals surface area contributed by atoms with Crippen LogP contribution in [0.1, 0.15) is 15.9 Å². The lowest BCUT2D eigenvalue weighted by Gasteiger charge is -1.96. The van der Waals surface area contributed by atoms with Crippen LogP contribution in [0.3, 0.4) is 0 Å². The van der Waals surface area contributed by atoms with E-state index in [1.54, 1.807) is 12.1 Å². The highest BCUT2D eigenvalue weighted by Crippen LogP contribution is 2.14. The van der Waals surface area contributed by atoms with Crippen molar-refractivity contribution in [1.82, 2.24) is 0 Å². The van der Waals surface area contributed by atoms with Gasteiger partial charge in [0.25, 0.3) is 5.69 Å². The van der Waals surface area contributed by atoms with Crippen LogP contribution in [0.2, 0.25) is 0 Å². The van der Waals surface area contributed by atoms with Gasteiger partial charge in [-0.3, -0.25) is 14.9 Å². The molecule has 2 aromatic carbocycles. The van der Waals surface area contributed by atoms with Gasteiger partial charge in [0, 0.05) is 17.7 Å². The Labute approximate surface area is 114 Å². The second-order valence-corrected chi connectivity index (χ2v) is 4.06. The SMILES string of the molecule is O=C(/C=C\c1cccc([N+](=O)[O-])c1)c1ccc(F)cc1. The molecule has 4 nitrogen and oxygen atoms in total. The topological polar surface area (TPSA) is 60.2 Å². The molecular weight excluding hydrogens is 261 g/mol. The quantitative estimate of drug-likeness (QED) is 0.369. The van der Waals surface area contributed by atoms with Crippen LogP contribution in [-0.4, -0.2) is 10.7 Å². The highest BCUT2D eigenvalue weighted by Gasteiger charge is 2.05. The number of nitrogens with zero attached hydrogens (tertiary/aromatic N) is 1. The molecule has 5 heteroatoms. The lowest BCUT2D eigenvalue weighted by molar-refractivity contribution is -0.384. The fraction of sp³-hybridized carbons (Fsp3) is 0. The van der Waals surface area contributed by atoms with E-state index < -0.39 is 10.7 Å². The number of halogens is 1. The molecule has 0 saturated heterocycles. The fourth-order valence-corrected chi connectivity index (χ4v) is 1.62. The van der Waals surface area contributed by atoms with Gasteiger partial charge in [-0.1, -0.05) is 18.2 Å². The van der Waals surface area contributed by atoms with Gasteiger partial charge in [-0.2, -0.15) is 0 Å². The molecule has 0 aliphatic carbocycles. The highest BCUT2D eigenvalue weighted by molar-refractivity contribution is 6.06. The lowest BCUT2D eigenvalue weighted by Crippen LogP contribution is -1.94. The van der Waals surface area contributed by atoms with E-state index in [2.05, 4.69) is 0 Å². The van der Waals surface area contributed by atoms with Crippen molar-refractivity contribution >= 4 is 17.5 Å². The van der Waals surface area contributed by atoms with Gasteiger partial charge in [-0.15, -0.1) is 0 Å². The minimum atomic E-state index is -0.501. The first kappa shape index (κ1) is 13.6. The molecule has 2 rings (SSSR count). The number of nitro groups is 1. The summed E-state index contributed by atoms with van der Waals surface area (Å²) in [4.78, 5) is 21.9. The monoisotopic (exact) mass is 271 g/mol. The van der Waals surface area contributed by atoms with Crippen molar-refractivity contribution in [2.24, 2.45) is 0 Å². The van der Waals surface area contributed by atoms with E-state index in [9.17, 15) is 19.3 Å². The van der Waals surface area contributed by atoms with E-state index in [1.165, 1.54) is 48.6 Å². The van der Waals surface area contributed by atoms with Crippen LogP contribution >= 0.6 is 0 Å². The molecule has 0 unspecified atom stereocenters. The molecule has 0 aliphatic rings. The van der Waals surface area contributed by atoms with E-state index in [0.717, 1.165) is 0 Å². The Morgan fingerprint density at radius 2 is 1.85 bits per heavy atom. The Morgan fingerprint density at radius 3 is 2.50 bits per heavy atom. The third-order valence-electron chi connectivity index (χ3n) is 2.64. The number of allylic oxidation sites excluding steroid dienone is 1. The fourth-order valence-electron chi connectivity index (χ4n) is 1.62. The number of nitro benzene ring substituents is 1. The van der Waals surface area contributed by atoms with Crippen molar-refractivity contribution in [3.8, 4) is 0 Å². The summed E-state index contributed by atoms with van der Waals surface area (Å²) in [6, 6.07) is 11.1. The Kier molecular flexibility index (Phi) is 4.00. The minimum Gasteiger partial charge on any atom is -0.289 e. The van der Waals surface area contributed by atoms with Crippen LogP contribution in [-0.2, 0) is 0 Å². The summed E-state index contributed by atoms with van der Waals surface area (Å²) in [6.45, 7) is 0. The summed E-state index contributed by atoms with van der Waals surface area (Å²) in [5.74, 6) is -0.708. The van der Waals surface area contributed by atoms with Crippen molar-refractivity contribution in [3.05, 3.63) is 81.7 Å². The molecule has 0 bridgehead atoms. The molecule has 0 saturated carbocycles. The minimum absolute atomic E-state index is 0.0404. The molecule has 0 radical (unpaired) electrons. The maximum absolute atomic E-state index is 12.7. The van der Waals surface area contributed by atoms with E-state index in [1.807, 2.05) is 0 Å². The molecule has 0 spiro atoms. The van der Waals surface area contributed by atoms with Crippen molar-refractivity contribution in [2.75, 3.05) is 0 Å². The second-order valence-electron chi connectivity index (χ2n) is 4.06. The number of non-ortho nitro benzene ring substituents is 1. The van der Waals surface area contributed by atoms with Crippen molar-refractivity contribution in [3.63, 3.8) is 0 Å². The van der Waals surface area contributed by atoms with E-state index >= 15 is 0 Å². The van der Waals surface area contributed by atoms with Crippen LogP contribution in [0, 0.1) is 15.9 Å². The van der Waals surface area contributed by atoms with Gasteiger partial charge in [-0.05, 0) is 35.9 Å². The lowest BCUT2D eigenvalue weighted by atomic mass is 10.1. The normalized spacial score (nSPS) is 10.7. The Hall–Kier alpha value is -2.82. The first-order chi connectivity index (χ1) is 9.56. The van der Waals surface area contributed by atoms with E-state index in [4.69, 9.17) is 0 Å². The van der Waals surface area contributed by atoms with E-state index in [0.29, 0.717) is 11.1 Å². The first-order valence-electron chi connectivity index (χ1n) is 5.79. The van der Waals surface area contributed by atoms with Crippen molar-refractivity contribution < 1.29 is 14.1 Å². The molecule has 20 heavy (non-hydrogen) atoms. The van der Waals surface area contributed by atoms with Crippen molar-refractivity contribution in [2.45, 2.75) is 0 Å². The molecule has 2 aromatic rings. The molecule has 0 fully saturated rings. The number of rotatable bonds is 4. The third kappa shape index (κ3) is 3.35. The molecule has 0 aliphatic heterocycles. The summed E-state index contributed by atoms with van der Waals surface area (Å²) >= 11 is 0. The van der Waals surface area contributed by atoms with Gasteiger partial charge >= 0.3 is 0 Å². The van der Waals surface area contributed by atoms with Gasteiger partial charge in [0.1, 0.15) is 5.82 Å². The third-order valence-corrected chi connectivity index (χ3v) is 2.64. The maximum Gasteiger partial charge on any atom is 0.270 e. The van der Waals surface area contributed by atoms with Gasteiger partial charge in [0.2, 0.25) is 0 Å². The Balaban J connectivity index is 2.16. The van der Waals surface area contributed by atoms with Gasteiger partial charge in [0.05, 0.1) is 4.92 Å². The summed E-state index contributed by atoms with van der Waals surface area (Å²) in [7, 11) is 0. The number of hydrogen-bond donors (Lipinski definition) is 0. The van der Waals surface area contributed by atoms with Crippen LogP contribution in [0.4, 0.5) is 10.1 Å². The average molecular weight is 271 g/mol. The average Bonchev–Trinajstić information content (AvgIpc) is 2.46. The number of hydrogen-bond acceptors (Lipinski definition) is 3. The zero-order valence-electron chi connectivity index (χ0n) is 10.3. The maximum atomic E-state index is 12.7. The van der Waals surface area contributed by atoms with E-state index in [-0.39, 0.29) is 11.5 Å². The predicted molar refractivity (Wildman–Crippen MR) is 72.9 cm³/mol. The molecule has 0 atom stereocenters. The van der Waals surface area contributed by atoms with Gasteiger partial charge in [0.15, 0.2) is 5.78 Å². The highest BCUT2D eigenvalue weighted by atomic mass is 19.1.